The summed E-state index contributed by atoms with van der Waals surface area (Å²) in [6.45, 7) is 0.664. The number of aromatic nitrogens is 6. The second-order valence-electron chi connectivity index (χ2n) is 8.05. The van der Waals surface area contributed by atoms with Gasteiger partial charge in [-0.15, -0.1) is 0 Å². The Balaban J connectivity index is 1.47. The van der Waals surface area contributed by atoms with E-state index in [0.717, 1.165) is 22.8 Å². The molecule has 4 aromatic rings. The first-order chi connectivity index (χ1) is 15.3. The fourth-order valence-corrected chi connectivity index (χ4v) is 4.33. The standard InChI is InChI=1S/C21H20F3N7O/c1-30-7-5-15(11-30)20(32,21(22,23)24)14-2-3-17(26-9-14)31-10-13(8-29-31)16-4-6-25-19-18(16)27-12-28-19/h2-4,6,8-10,12,15,32H,5,7,11H2,1H3,(H,25,27,28). The van der Waals surface area contributed by atoms with Crippen molar-refractivity contribution in [3.63, 3.8) is 0 Å². The molecule has 32 heavy (non-hydrogen) atoms. The molecule has 8 nitrogen and oxygen atoms in total. The van der Waals surface area contributed by atoms with Crippen LogP contribution in [0.25, 0.3) is 28.1 Å². The number of nitrogens with zero attached hydrogens (tertiary/aromatic N) is 6. The summed E-state index contributed by atoms with van der Waals surface area (Å²) in [7, 11) is 1.74. The molecule has 166 valence electrons. The average Bonchev–Trinajstić information content (AvgIpc) is 3.52. The summed E-state index contributed by atoms with van der Waals surface area (Å²) in [6.07, 6.45) is 3.07. The van der Waals surface area contributed by atoms with Crippen LogP contribution in [0, 0.1) is 5.92 Å². The second kappa shape index (κ2) is 7.38. The molecule has 0 saturated carbocycles. The Morgan fingerprint density at radius 1 is 1.12 bits per heavy atom. The van der Waals surface area contributed by atoms with Gasteiger partial charge in [-0.1, -0.05) is 6.07 Å². The lowest BCUT2D eigenvalue weighted by Crippen LogP contribution is -2.49. The van der Waals surface area contributed by atoms with Crippen LogP contribution in [0.2, 0.25) is 0 Å². The molecule has 4 aromatic heterocycles. The number of likely N-dealkylation sites (tertiary alicyclic amines) is 1. The molecule has 0 bridgehead atoms. The minimum absolute atomic E-state index is 0.161. The smallest absolute Gasteiger partial charge is 0.376 e. The number of alkyl halides is 3. The van der Waals surface area contributed by atoms with Gasteiger partial charge in [0, 0.05) is 47.7 Å². The Labute approximate surface area is 180 Å². The Bertz CT molecular complexity index is 1250. The number of imidazole rings is 1. The predicted molar refractivity (Wildman–Crippen MR) is 110 cm³/mol. The van der Waals surface area contributed by atoms with Gasteiger partial charge in [-0.2, -0.15) is 18.3 Å². The quantitative estimate of drug-likeness (QED) is 0.504. The number of hydrogen-bond donors (Lipinski definition) is 2. The van der Waals surface area contributed by atoms with Gasteiger partial charge in [0.15, 0.2) is 17.1 Å². The van der Waals surface area contributed by atoms with E-state index in [2.05, 4.69) is 25.0 Å². The van der Waals surface area contributed by atoms with E-state index in [1.165, 1.54) is 16.8 Å². The summed E-state index contributed by atoms with van der Waals surface area (Å²) in [5.41, 5.74) is -0.286. The van der Waals surface area contributed by atoms with Gasteiger partial charge in [-0.3, -0.25) is 0 Å². The van der Waals surface area contributed by atoms with E-state index in [0.29, 0.717) is 18.0 Å². The third-order valence-corrected chi connectivity index (χ3v) is 6.06. The summed E-state index contributed by atoms with van der Waals surface area (Å²) >= 11 is 0. The van der Waals surface area contributed by atoms with Crippen molar-refractivity contribution in [2.24, 2.45) is 5.92 Å². The highest BCUT2D eigenvalue weighted by molar-refractivity contribution is 5.88. The van der Waals surface area contributed by atoms with E-state index >= 15 is 0 Å². The zero-order valence-corrected chi connectivity index (χ0v) is 17.1. The molecule has 1 aliphatic rings. The lowest BCUT2D eigenvalue weighted by molar-refractivity contribution is -0.285. The number of hydrogen-bond acceptors (Lipinski definition) is 6. The molecule has 0 amide bonds. The van der Waals surface area contributed by atoms with E-state index in [1.54, 1.807) is 36.9 Å². The molecule has 0 aromatic carbocycles. The van der Waals surface area contributed by atoms with E-state index in [4.69, 9.17) is 0 Å². The molecule has 5 heterocycles. The Morgan fingerprint density at radius 3 is 2.66 bits per heavy atom. The molecule has 5 rings (SSSR count). The number of rotatable bonds is 4. The number of fused-ring (bicyclic) bond motifs is 1. The fourth-order valence-electron chi connectivity index (χ4n) is 4.33. The monoisotopic (exact) mass is 443 g/mol. The van der Waals surface area contributed by atoms with E-state index < -0.39 is 17.7 Å². The van der Waals surface area contributed by atoms with Gasteiger partial charge >= 0.3 is 6.18 Å². The van der Waals surface area contributed by atoms with Crippen LogP contribution in [0.15, 0.2) is 49.3 Å². The van der Waals surface area contributed by atoms with Crippen molar-refractivity contribution in [2.75, 3.05) is 20.1 Å². The minimum atomic E-state index is -4.82. The van der Waals surface area contributed by atoms with E-state index in [-0.39, 0.29) is 18.5 Å². The van der Waals surface area contributed by atoms with Crippen LogP contribution in [0.3, 0.4) is 0 Å². The maximum atomic E-state index is 14.0. The lowest BCUT2D eigenvalue weighted by Gasteiger charge is -2.36. The van der Waals surface area contributed by atoms with Gasteiger partial charge < -0.3 is 15.0 Å². The Morgan fingerprint density at radius 2 is 1.97 bits per heavy atom. The Hall–Kier alpha value is -3.31. The van der Waals surface area contributed by atoms with Crippen molar-refractivity contribution in [2.45, 2.75) is 18.2 Å². The maximum absolute atomic E-state index is 14.0. The number of H-pyrrole nitrogens is 1. The van der Waals surface area contributed by atoms with Crippen molar-refractivity contribution < 1.29 is 18.3 Å². The molecular formula is C21H20F3N7O. The first-order valence-electron chi connectivity index (χ1n) is 10.0. The van der Waals surface area contributed by atoms with Gasteiger partial charge in [0.05, 0.1) is 18.0 Å². The van der Waals surface area contributed by atoms with E-state index in [9.17, 15) is 18.3 Å². The van der Waals surface area contributed by atoms with Crippen molar-refractivity contribution in [1.82, 2.24) is 34.6 Å². The van der Waals surface area contributed by atoms with Crippen molar-refractivity contribution in [3.05, 3.63) is 54.9 Å². The summed E-state index contributed by atoms with van der Waals surface area (Å²) in [5.74, 6) is -0.622. The van der Waals surface area contributed by atoms with Crippen molar-refractivity contribution in [3.8, 4) is 16.9 Å². The molecule has 0 spiro atoms. The van der Waals surface area contributed by atoms with Crippen LogP contribution in [0.5, 0.6) is 0 Å². The van der Waals surface area contributed by atoms with Crippen LogP contribution in [0.4, 0.5) is 13.2 Å². The number of aromatic amines is 1. The van der Waals surface area contributed by atoms with Crippen LogP contribution in [0.1, 0.15) is 12.0 Å². The van der Waals surface area contributed by atoms with Gasteiger partial charge in [0.1, 0.15) is 0 Å². The maximum Gasteiger partial charge on any atom is 0.421 e. The largest absolute Gasteiger partial charge is 0.421 e. The topological polar surface area (TPSA) is 95.8 Å². The number of nitrogens with one attached hydrogen (secondary N) is 1. The zero-order valence-electron chi connectivity index (χ0n) is 17.1. The van der Waals surface area contributed by atoms with Crippen molar-refractivity contribution in [1.29, 1.82) is 0 Å². The first kappa shape index (κ1) is 20.6. The molecule has 1 saturated heterocycles. The molecule has 0 aliphatic carbocycles. The summed E-state index contributed by atoms with van der Waals surface area (Å²) in [6, 6.07) is 4.52. The molecule has 2 unspecified atom stereocenters. The normalized spacial score (nSPS) is 19.5. The SMILES string of the molecule is CN1CCC(C(O)(c2ccc(-n3cc(-c4ccnc5nc[nH]c45)cn3)nc2)C(F)(F)F)C1. The molecule has 1 fully saturated rings. The van der Waals surface area contributed by atoms with Gasteiger partial charge in [-0.25, -0.2) is 19.6 Å². The molecule has 2 atom stereocenters. The number of pyridine rings is 2. The zero-order chi connectivity index (χ0) is 22.5. The third-order valence-electron chi connectivity index (χ3n) is 6.06. The van der Waals surface area contributed by atoms with E-state index in [1.807, 2.05) is 6.07 Å². The fraction of sp³-hybridized carbons (Fsp3) is 0.333. The molecule has 2 N–H and O–H groups in total. The highest BCUT2D eigenvalue weighted by Gasteiger charge is 2.60. The minimum Gasteiger partial charge on any atom is -0.376 e. The van der Waals surface area contributed by atoms with Crippen LogP contribution in [-0.4, -0.2) is 66.0 Å². The summed E-state index contributed by atoms with van der Waals surface area (Å²) < 4.78 is 43.3. The lowest BCUT2D eigenvalue weighted by atomic mass is 9.80. The number of aliphatic hydroxyl groups is 1. The van der Waals surface area contributed by atoms with Crippen molar-refractivity contribution >= 4 is 11.2 Å². The predicted octanol–water partition coefficient (Wildman–Crippen LogP) is 2.91. The van der Waals surface area contributed by atoms with Crippen LogP contribution < -0.4 is 0 Å². The van der Waals surface area contributed by atoms with Gasteiger partial charge in [0.2, 0.25) is 0 Å². The second-order valence-corrected chi connectivity index (χ2v) is 8.05. The number of halogens is 3. The molecule has 11 heteroatoms. The van der Waals surface area contributed by atoms with Gasteiger partial charge in [0.25, 0.3) is 0 Å². The van der Waals surface area contributed by atoms with Crippen LogP contribution in [-0.2, 0) is 5.60 Å². The van der Waals surface area contributed by atoms with Gasteiger partial charge in [-0.05, 0) is 32.1 Å². The summed E-state index contributed by atoms with van der Waals surface area (Å²) in [5, 5.41) is 15.1. The first-order valence-corrected chi connectivity index (χ1v) is 10.0. The van der Waals surface area contributed by atoms with Crippen LogP contribution >= 0.6 is 0 Å². The molecular weight excluding hydrogens is 423 g/mol. The Kier molecular flexibility index (Phi) is 4.75. The average molecular weight is 443 g/mol. The highest BCUT2D eigenvalue weighted by atomic mass is 19.4. The summed E-state index contributed by atoms with van der Waals surface area (Å²) in [4.78, 5) is 17.3. The molecule has 1 aliphatic heterocycles. The third kappa shape index (κ3) is 3.24. The highest BCUT2D eigenvalue weighted by Crippen LogP contribution is 2.47. The molecule has 0 radical (unpaired) electrons.